The van der Waals surface area contributed by atoms with Crippen molar-refractivity contribution in [2.24, 2.45) is 7.05 Å². The van der Waals surface area contributed by atoms with Gasteiger partial charge in [0.1, 0.15) is 0 Å². The molecule has 0 atom stereocenters. The summed E-state index contributed by atoms with van der Waals surface area (Å²) >= 11 is 0. The molecule has 2 fully saturated rings. The molecule has 0 unspecified atom stereocenters. The summed E-state index contributed by atoms with van der Waals surface area (Å²) in [5.41, 5.74) is -5.24. The minimum atomic E-state index is -5.23. The first kappa shape index (κ1) is 34.1. The lowest BCUT2D eigenvalue weighted by Crippen LogP contribution is -2.59. The number of sulfonamides is 1. The van der Waals surface area contributed by atoms with Gasteiger partial charge in [0, 0.05) is 63.6 Å². The first-order valence-corrected chi connectivity index (χ1v) is 14.1. The van der Waals surface area contributed by atoms with Crippen molar-refractivity contribution in [2.75, 3.05) is 26.2 Å². The molecule has 2 aliphatic rings. The van der Waals surface area contributed by atoms with Gasteiger partial charge in [-0.05, 0) is 31.4 Å². The van der Waals surface area contributed by atoms with Gasteiger partial charge >= 0.3 is 12.4 Å². The molecule has 18 heteroatoms. The first-order valence-electron chi connectivity index (χ1n) is 12.7. The molecular formula is C24H28ClF8N5O3S. The van der Waals surface area contributed by atoms with Crippen molar-refractivity contribution < 1.29 is 48.3 Å². The summed E-state index contributed by atoms with van der Waals surface area (Å²) in [6.45, 7) is 0.158. The van der Waals surface area contributed by atoms with Crippen LogP contribution in [-0.4, -0.2) is 76.0 Å². The largest absolute Gasteiger partial charge is 0.417 e. The third kappa shape index (κ3) is 7.22. The van der Waals surface area contributed by atoms with Crippen molar-refractivity contribution in [3.05, 3.63) is 41.1 Å². The second-order valence-corrected chi connectivity index (χ2v) is 12.3. The molecule has 1 saturated heterocycles. The summed E-state index contributed by atoms with van der Waals surface area (Å²) < 4.78 is 136. The highest BCUT2D eigenvalue weighted by molar-refractivity contribution is 7.89. The Kier molecular flexibility index (Phi) is 9.72. The number of carbonyl (C=O) groups excluding carboxylic acids is 1. The van der Waals surface area contributed by atoms with Crippen LogP contribution in [0.3, 0.4) is 0 Å². The summed E-state index contributed by atoms with van der Waals surface area (Å²) in [6.07, 6.45) is -11.0. The molecule has 42 heavy (non-hydrogen) atoms. The van der Waals surface area contributed by atoms with Crippen LogP contribution >= 0.6 is 12.4 Å². The average Bonchev–Trinajstić information content (AvgIpc) is 3.34. The van der Waals surface area contributed by atoms with Gasteiger partial charge in [-0.25, -0.2) is 17.2 Å². The number of aryl methyl sites for hydroxylation is 1. The molecule has 1 aliphatic heterocycles. The van der Waals surface area contributed by atoms with Crippen LogP contribution in [0.1, 0.15) is 60.0 Å². The van der Waals surface area contributed by atoms with Crippen molar-refractivity contribution in [3.8, 4) is 0 Å². The van der Waals surface area contributed by atoms with Crippen LogP contribution in [0, 0.1) is 0 Å². The zero-order valence-corrected chi connectivity index (χ0v) is 23.8. The number of piperazine rings is 1. The molecule has 2 heterocycles. The molecule has 4 rings (SSSR count). The van der Waals surface area contributed by atoms with E-state index in [2.05, 4.69) is 10.3 Å². The fourth-order valence-corrected chi connectivity index (χ4v) is 6.80. The number of Topliss-reactive ketones (excluding diaryl/α,β-unsaturated/α-hetero) is 1. The topological polar surface area (TPSA) is 88.4 Å². The lowest BCUT2D eigenvalue weighted by atomic mass is 9.74. The lowest BCUT2D eigenvalue weighted by molar-refractivity contribution is -0.143. The molecule has 1 aromatic carbocycles. The van der Waals surface area contributed by atoms with Crippen molar-refractivity contribution in [1.29, 1.82) is 0 Å². The summed E-state index contributed by atoms with van der Waals surface area (Å²) in [4.78, 5) is 14.7. The van der Waals surface area contributed by atoms with Crippen molar-refractivity contribution in [3.63, 3.8) is 0 Å². The van der Waals surface area contributed by atoms with Gasteiger partial charge in [0.2, 0.25) is 10.9 Å². The molecule has 0 radical (unpaired) electrons. The van der Waals surface area contributed by atoms with Crippen LogP contribution in [0.25, 0.3) is 0 Å². The SMILES string of the molecule is Cl.Cn1cc(S(=O)(=O)N2CCN(C3(CCC(=O)c4ccc(C(F)(F)F)cc4C(F)(F)F)CCC(F)(F)CC3)CC2)nn1. The van der Waals surface area contributed by atoms with Gasteiger partial charge in [-0.15, -0.1) is 17.5 Å². The van der Waals surface area contributed by atoms with E-state index in [4.69, 9.17) is 0 Å². The number of ketones is 1. The predicted molar refractivity (Wildman–Crippen MR) is 135 cm³/mol. The normalized spacial score (nSPS) is 20.2. The highest BCUT2D eigenvalue weighted by Gasteiger charge is 2.48. The highest BCUT2D eigenvalue weighted by atomic mass is 35.5. The standard InChI is InChI=1S/C24H27F8N5O3S.ClH/c1-35-15-20(33-34-35)41(39,40)37-12-10-36(11-13-37)21(6-8-22(25,26)9-7-21)5-4-19(38)17-3-2-16(23(27,28)29)14-18(17)24(30,31)32;/h2-3,14-15H,4-13H2,1H3;1H. The van der Waals surface area contributed by atoms with Crippen molar-refractivity contribution in [2.45, 2.75) is 67.4 Å². The molecule has 8 nitrogen and oxygen atoms in total. The Bertz CT molecular complexity index is 1380. The minimum absolute atomic E-state index is 0. The maximum atomic E-state index is 14.1. The molecule has 236 valence electrons. The highest BCUT2D eigenvalue weighted by Crippen LogP contribution is 2.45. The summed E-state index contributed by atoms with van der Waals surface area (Å²) in [6, 6.07) is 0.781. The molecule has 1 aliphatic carbocycles. The summed E-state index contributed by atoms with van der Waals surface area (Å²) in [5.74, 6) is -4.03. The lowest BCUT2D eigenvalue weighted by Gasteiger charge is -2.50. The van der Waals surface area contributed by atoms with E-state index < -0.39 is 75.6 Å². The Labute approximate surface area is 242 Å². The Morgan fingerprint density at radius 2 is 1.55 bits per heavy atom. The number of hydrogen-bond donors (Lipinski definition) is 0. The van der Waals surface area contributed by atoms with E-state index in [-0.39, 0.29) is 68.9 Å². The molecule has 0 amide bonds. The van der Waals surface area contributed by atoms with E-state index in [0.29, 0.717) is 12.1 Å². The van der Waals surface area contributed by atoms with Gasteiger partial charge in [0.15, 0.2) is 5.78 Å². The molecule has 1 saturated carbocycles. The fourth-order valence-electron chi connectivity index (χ4n) is 5.46. The Morgan fingerprint density at radius 1 is 0.952 bits per heavy atom. The second kappa shape index (κ2) is 12.0. The summed E-state index contributed by atoms with van der Waals surface area (Å²) in [5, 5.41) is 6.98. The monoisotopic (exact) mass is 653 g/mol. The van der Waals surface area contributed by atoms with E-state index in [9.17, 15) is 48.3 Å². The Balaban J connectivity index is 0.00000484. The van der Waals surface area contributed by atoms with E-state index in [1.54, 1.807) is 4.90 Å². The zero-order valence-electron chi connectivity index (χ0n) is 22.2. The second-order valence-electron chi connectivity index (χ2n) is 10.4. The smallest absolute Gasteiger partial charge is 0.295 e. The average molecular weight is 654 g/mol. The number of hydrogen-bond acceptors (Lipinski definition) is 6. The van der Waals surface area contributed by atoms with E-state index in [1.165, 1.54) is 22.2 Å². The van der Waals surface area contributed by atoms with Gasteiger partial charge in [-0.2, -0.15) is 30.6 Å². The van der Waals surface area contributed by atoms with Gasteiger partial charge in [-0.1, -0.05) is 11.3 Å². The maximum absolute atomic E-state index is 14.1. The number of halogens is 9. The van der Waals surface area contributed by atoms with Crippen LogP contribution in [0.5, 0.6) is 0 Å². The number of rotatable bonds is 7. The van der Waals surface area contributed by atoms with Crippen molar-refractivity contribution >= 4 is 28.2 Å². The van der Waals surface area contributed by atoms with Gasteiger partial charge in [-0.3, -0.25) is 14.4 Å². The third-order valence-corrected chi connectivity index (χ3v) is 9.54. The van der Waals surface area contributed by atoms with Crippen LogP contribution in [0.15, 0.2) is 29.4 Å². The zero-order chi connectivity index (χ0) is 30.4. The number of benzene rings is 1. The van der Waals surface area contributed by atoms with E-state index >= 15 is 0 Å². The molecule has 2 aromatic rings. The Morgan fingerprint density at radius 3 is 2.05 bits per heavy atom. The quantitative estimate of drug-likeness (QED) is 0.302. The number of aromatic nitrogens is 3. The fraction of sp³-hybridized carbons (Fsp3) is 0.625. The maximum Gasteiger partial charge on any atom is 0.417 e. The number of alkyl halides is 8. The van der Waals surface area contributed by atoms with Crippen LogP contribution in [-0.2, 0) is 29.4 Å². The predicted octanol–water partition coefficient (Wildman–Crippen LogP) is 5.19. The van der Waals surface area contributed by atoms with Crippen LogP contribution in [0.2, 0.25) is 0 Å². The third-order valence-electron chi connectivity index (χ3n) is 7.78. The first-order chi connectivity index (χ1) is 18.8. The molecule has 1 aromatic heterocycles. The van der Waals surface area contributed by atoms with Gasteiger partial charge < -0.3 is 0 Å². The number of carbonyl (C=O) groups is 1. The molecular weight excluding hydrogens is 626 g/mol. The van der Waals surface area contributed by atoms with E-state index in [1.807, 2.05) is 0 Å². The van der Waals surface area contributed by atoms with Crippen LogP contribution in [0.4, 0.5) is 35.1 Å². The summed E-state index contributed by atoms with van der Waals surface area (Å²) in [7, 11) is -2.48. The molecule has 0 bridgehead atoms. The van der Waals surface area contributed by atoms with Crippen molar-refractivity contribution in [1.82, 2.24) is 24.2 Å². The van der Waals surface area contributed by atoms with E-state index in [0.717, 1.165) is 0 Å². The Hall–Kier alpha value is -2.37. The van der Waals surface area contributed by atoms with Gasteiger partial charge in [0.05, 0.1) is 17.3 Å². The van der Waals surface area contributed by atoms with Gasteiger partial charge in [0.25, 0.3) is 10.0 Å². The molecule has 0 N–H and O–H groups in total. The number of nitrogens with zero attached hydrogens (tertiary/aromatic N) is 5. The molecule has 0 spiro atoms. The van der Waals surface area contributed by atoms with Crippen LogP contribution < -0.4 is 0 Å². The minimum Gasteiger partial charge on any atom is -0.295 e.